The molecule has 2 aliphatic heterocycles. The second-order valence-electron chi connectivity index (χ2n) is 5.29. The molecule has 0 bridgehead atoms. The summed E-state index contributed by atoms with van der Waals surface area (Å²) in [4.78, 5) is 2.31. The van der Waals surface area contributed by atoms with E-state index >= 15 is 0 Å². The highest BCUT2D eigenvalue weighted by Crippen LogP contribution is 2.45. The van der Waals surface area contributed by atoms with Gasteiger partial charge in [0.05, 0.1) is 5.02 Å². The number of nitrogens with two attached hydrogens (primary N) is 1. The summed E-state index contributed by atoms with van der Waals surface area (Å²) < 4.78 is 11.2. The quantitative estimate of drug-likeness (QED) is 0.902. The first-order valence-corrected chi connectivity index (χ1v) is 7.06. The van der Waals surface area contributed by atoms with E-state index in [0.717, 1.165) is 30.8 Å². The predicted molar refractivity (Wildman–Crippen MR) is 75.0 cm³/mol. The summed E-state index contributed by atoms with van der Waals surface area (Å²) in [6.45, 7) is 2.89. The number of fused-ring (bicyclic) bond motifs is 1. The van der Waals surface area contributed by atoms with Gasteiger partial charge in [0.1, 0.15) is 13.2 Å². The summed E-state index contributed by atoms with van der Waals surface area (Å²) in [7, 11) is 2.12. The highest BCUT2D eigenvalue weighted by molar-refractivity contribution is 6.33. The minimum Gasteiger partial charge on any atom is -0.486 e. The fourth-order valence-electron chi connectivity index (χ4n) is 2.99. The average molecular weight is 283 g/mol. The molecule has 104 valence electrons. The molecule has 2 unspecified atom stereocenters. The lowest BCUT2D eigenvalue weighted by atomic mass is 9.99. The molecule has 0 spiro atoms. The van der Waals surface area contributed by atoms with Crippen molar-refractivity contribution in [2.45, 2.75) is 12.5 Å². The number of hydrogen-bond acceptors (Lipinski definition) is 4. The Kier molecular flexibility index (Phi) is 3.56. The second-order valence-corrected chi connectivity index (χ2v) is 5.66. The Balaban J connectivity index is 1.93. The third kappa shape index (κ3) is 2.29. The van der Waals surface area contributed by atoms with Gasteiger partial charge in [0, 0.05) is 12.6 Å². The largest absolute Gasteiger partial charge is 0.486 e. The molecule has 3 rings (SSSR count). The lowest BCUT2D eigenvalue weighted by Gasteiger charge is -2.25. The van der Waals surface area contributed by atoms with Gasteiger partial charge in [-0.15, -0.1) is 0 Å². The average Bonchev–Trinajstić information content (AvgIpc) is 2.81. The van der Waals surface area contributed by atoms with Gasteiger partial charge < -0.3 is 15.2 Å². The maximum absolute atomic E-state index is 6.50. The van der Waals surface area contributed by atoms with Gasteiger partial charge >= 0.3 is 0 Å². The number of rotatable bonds is 2. The molecular weight excluding hydrogens is 264 g/mol. The molecule has 0 aliphatic carbocycles. The molecule has 1 saturated heterocycles. The van der Waals surface area contributed by atoms with Crippen LogP contribution in [0.5, 0.6) is 11.5 Å². The first-order valence-electron chi connectivity index (χ1n) is 6.69. The van der Waals surface area contributed by atoms with Gasteiger partial charge in [-0.05, 0) is 37.6 Å². The second kappa shape index (κ2) is 5.19. The Morgan fingerprint density at radius 2 is 2.16 bits per heavy atom. The van der Waals surface area contributed by atoms with E-state index in [1.807, 2.05) is 6.07 Å². The van der Waals surface area contributed by atoms with Crippen LogP contribution in [0.25, 0.3) is 0 Å². The van der Waals surface area contributed by atoms with E-state index in [1.165, 1.54) is 0 Å². The smallest absolute Gasteiger partial charge is 0.180 e. The monoisotopic (exact) mass is 282 g/mol. The van der Waals surface area contributed by atoms with Crippen molar-refractivity contribution in [3.63, 3.8) is 0 Å². The third-order valence-electron chi connectivity index (χ3n) is 4.01. The maximum Gasteiger partial charge on any atom is 0.180 e. The van der Waals surface area contributed by atoms with Crippen LogP contribution in [-0.4, -0.2) is 38.3 Å². The van der Waals surface area contributed by atoms with Crippen molar-refractivity contribution in [3.8, 4) is 11.5 Å². The molecule has 0 aromatic heterocycles. The van der Waals surface area contributed by atoms with E-state index < -0.39 is 0 Å². The molecule has 1 fully saturated rings. The van der Waals surface area contributed by atoms with E-state index in [1.54, 1.807) is 0 Å². The number of ether oxygens (including phenoxy) is 2. The Hall–Kier alpha value is -0.970. The van der Waals surface area contributed by atoms with Crippen LogP contribution in [0.3, 0.4) is 0 Å². The molecule has 2 N–H and O–H groups in total. The van der Waals surface area contributed by atoms with Crippen LogP contribution in [0.4, 0.5) is 0 Å². The highest BCUT2D eigenvalue weighted by Gasteiger charge is 2.32. The zero-order valence-electron chi connectivity index (χ0n) is 11.1. The Morgan fingerprint density at radius 3 is 2.89 bits per heavy atom. The van der Waals surface area contributed by atoms with Gasteiger partial charge in [0.25, 0.3) is 0 Å². The van der Waals surface area contributed by atoms with Crippen LogP contribution in [0.15, 0.2) is 12.1 Å². The Morgan fingerprint density at radius 1 is 1.37 bits per heavy atom. The van der Waals surface area contributed by atoms with Crippen LogP contribution in [0, 0.1) is 5.92 Å². The highest BCUT2D eigenvalue weighted by atomic mass is 35.5. The lowest BCUT2D eigenvalue weighted by molar-refractivity contribution is 0.171. The summed E-state index contributed by atoms with van der Waals surface area (Å²) in [5.74, 6) is 1.98. The number of benzene rings is 1. The van der Waals surface area contributed by atoms with Crippen LogP contribution in [-0.2, 0) is 0 Å². The van der Waals surface area contributed by atoms with Gasteiger partial charge in [-0.25, -0.2) is 0 Å². The van der Waals surface area contributed by atoms with E-state index in [0.29, 0.717) is 35.9 Å². The standard InChI is InChI=1S/C14H19ClN2O2/c1-17-8-9(7-16)6-11(17)10-2-3-12-14(13(10)15)19-5-4-18-12/h2-3,9,11H,4-8,16H2,1H3. The Bertz CT molecular complexity index is 481. The number of nitrogens with zero attached hydrogens (tertiary/aromatic N) is 1. The molecule has 0 saturated carbocycles. The van der Waals surface area contributed by atoms with E-state index in [4.69, 9.17) is 26.8 Å². The molecule has 5 heteroatoms. The SMILES string of the molecule is CN1CC(CN)CC1c1ccc2c(c1Cl)OCCO2. The lowest BCUT2D eigenvalue weighted by Crippen LogP contribution is -2.21. The van der Waals surface area contributed by atoms with Crippen molar-refractivity contribution in [3.05, 3.63) is 22.7 Å². The molecule has 4 nitrogen and oxygen atoms in total. The summed E-state index contributed by atoms with van der Waals surface area (Å²) in [5.41, 5.74) is 6.90. The normalized spacial score (nSPS) is 26.7. The topological polar surface area (TPSA) is 47.7 Å². The molecule has 1 aromatic rings. The zero-order valence-corrected chi connectivity index (χ0v) is 11.8. The van der Waals surface area contributed by atoms with Gasteiger partial charge in [0.2, 0.25) is 0 Å². The predicted octanol–water partition coefficient (Wildman–Crippen LogP) is 2.06. The first kappa shape index (κ1) is 13.0. The van der Waals surface area contributed by atoms with E-state index in [9.17, 15) is 0 Å². The molecular formula is C14H19ClN2O2. The third-order valence-corrected chi connectivity index (χ3v) is 4.40. The number of likely N-dealkylation sites (tertiary alicyclic amines) is 1. The fraction of sp³-hybridized carbons (Fsp3) is 0.571. The first-order chi connectivity index (χ1) is 9.20. The summed E-state index contributed by atoms with van der Waals surface area (Å²) in [6.07, 6.45) is 1.05. The van der Waals surface area contributed by atoms with Crippen molar-refractivity contribution >= 4 is 11.6 Å². The van der Waals surface area contributed by atoms with Crippen molar-refractivity contribution in [1.82, 2.24) is 4.90 Å². The number of hydrogen-bond donors (Lipinski definition) is 1. The molecule has 0 amide bonds. The molecule has 19 heavy (non-hydrogen) atoms. The molecule has 1 aromatic carbocycles. The molecule has 2 aliphatic rings. The minimum atomic E-state index is 0.317. The van der Waals surface area contributed by atoms with Crippen molar-refractivity contribution in [2.75, 3.05) is 33.4 Å². The maximum atomic E-state index is 6.50. The van der Waals surface area contributed by atoms with Gasteiger partial charge in [0.15, 0.2) is 11.5 Å². The van der Waals surface area contributed by atoms with Gasteiger partial charge in [-0.3, -0.25) is 4.90 Å². The zero-order chi connectivity index (χ0) is 13.4. The van der Waals surface area contributed by atoms with Crippen molar-refractivity contribution < 1.29 is 9.47 Å². The van der Waals surface area contributed by atoms with Crippen molar-refractivity contribution in [1.29, 1.82) is 0 Å². The van der Waals surface area contributed by atoms with Gasteiger partial charge in [-0.2, -0.15) is 0 Å². The van der Waals surface area contributed by atoms with Crippen molar-refractivity contribution in [2.24, 2.45) is 11.7 Å². The fourth-order valence-corrected chi connectivity index (χ4v) is 3.33. The van der Waals surface area contributed by atoms with Crippen LogP contribution in [0.2, 0.25) is 5.02 Å². The van der Waals surface area contributed by atoms with Crippen LogP contribution >= 0.6 is 11.6 Å². The minimum absolute atomic E-state index is 0.317. The summed E-state index contributed by atoms with van der Waals surface area (Å²) in [5, 5.41) is 0.687. The molecule has 2 heterocycles. The molecule has 0 radical (unpaired) electrons. The molecule has 2 atom stereocenters. The van der Waals surface area contributed by atoms with E-state index in [2.05, 4.69) is 18.0 Å². The Labute approximate surface area is 118 Å². The summed E-state index contributed by atoms with van der Waals surface area (Å²) in [6, 6.07) is 4.33. The number of halogens is 1. The van der Waals surface area contributed by atoms with Crippen LogP contribution < -0.4 is 15.2 Å². The van der Waals surface area contributed by atoms with Gasteiger partial charge in [-0.1, -0.05) is 17.7 Å². The van der Waals surface area contributed by atoms with E-state index in [-0.39, 0.29) is 0 Å². The van der Waals surface area contributed by atoms with Crippen LogP contribution in [0.1, 0.15) is 18.0 Å². The summed E-state index contributed by atoms with van der Waals surface area (Å²) >= 11 is 6.50.